The van der Waals surface area contributed by atoms with Crippen LogP contribution in [0, 0.1) is 0 Å². The maximum Gasteiger partial charge on any atom is 0.0587 e. The fraction of sp³-hybridized carbons (Fsp3) is 1.00. The molecule has 0 aromatic carbocycles. The van der Waals surface area contributed by atoms with Crippen LogP contribution in [0.4, 0.5) is 0 Å². The van der Waals surface area contributed by atoms with E-state index in [0.717, 1.165) is 19.7 Å². The molecule has 1 N–H and O–H groups in total. The third-order valence-corrected chi connectivity index (χ3v) is 3.70. The summed E-state index contributed by atoms with van der Waals surface area (Å²) in [5, 5.41) is 3.39. The van der Waals surface area contributed by atoms with Crippen molar-refractivity contribution in [2.45, 2.75) is 32.7 Å². The van der Waals surface area contributed by atoms with Crippen LogP contribution >= 0.6 is 0 Å². The van der Waals surface area contributed by atoms with E-state index in [1.165, 1.54) is 45.6 Å². The summed E-state index contributed by atoms with van der Waals surface area (Å²) in [4.78, 5) is 5.18. The van der Waals surface area contributed by atoms with Gasteiger partial charge in [-0.05, 0) is 39.8 Å². The molecule has 1 saturated heterocycles. The summed E-state index contributed by atoms with van der Waals surface area (Å²) >= 11 is 0. The minimum absolute atomic E-state index is 0.706. The molecule has 108 valence electrons. The number of piperazine rings is 1. The van der Waals surface area contributed by atoms with Crippen LogP contribution in [0.1, 0.15) is 26.7 Å². The van der Waals surface area contributed by atoms with Crippen LogP contribution in [0.2, 0.25) is 0 Å². The van der Waals surface area contributed by atoms with E-state index in [9.17, 15) is 0 Å². The summed E-state index contributed by atoms with van der Waals surface area (Å²) in [7, 11) is 1.75. The average Bonchev–Trinajstić information content (AvgIpc) is 2.38. The summed E-state index contributed by atoms with van der Waals surface area (Å²) in [6.45, 7) is 13.7. The van der Waals surface area contributed by atoms with Crippen molar-refractivity contribution in [3.05, 3.63) is 0 Å². The Kier molecular flexibility index (Phi) is 8.59. The molecule has 0 amide bonds. The molecule has 0 radical (unpaired) electrons. The molecular formula is C14H31N3O. The van der Waals surface area contributed by atoms with Gasteiger partial charge in [0, 0.05) is 45.9 Å². The summed E-state index contributed by atoms with van der Waals surface area (Å²) in [5.41, 5.74) is 0. The molecule has 0 atom stereocenters. The van der Waals surface area contributed by atoms with Gasteiger partial charge in [-0.25, -0.2) is 0 Å². The van der Waals surface area contributed by atoms with Gasteiger partial charge in [-0.2, -0.15) is 0 Å². The topological polar surface area (TPSA) is 27.7 Å². The Morgan fingerprint density at radius 2 is 1.78 bits per heavy atom. The number of hydrogen-bond acceptors (Lipinski definition) is 4. The van der Waals surface area contributed by atoms with Crippen LogP contribution in [-0.4, -0.2) is 75.4 Å². The largest absolute Gasteiger partial charge is 0.383 e. The van der Waals surface area contributed by atoms with E-state index in [1.807, 2.05) is 0 Å². The molecule has 18 heavy (non-hydrogen) atoms. The molecule has 0 aromatic heterocycles. The summed E-state index contributed by atoms with van der Waals surface area (Å²) in [6, 6.07) is 0.706. The number of unbranched alkanes of at least 4 members (excludes halogenated alkanes) is 1. The first-order chi connectivity index (χ1) is 8.74. The molecule has 4 nitrogen and oxygen atoms in total. The maximum absolute atomic E-state index is 5.00. The van der Waals surface area contributed by atoms with E-state index in [0.29, 0.717) is 6.04 Å². The third kappa shape index (κ3) is 6.69. The third-order valence-electron chi connectivity index (χ3n) is 3.70. The fourth-order valence-electron chi connectivity index (χ4n) is 2.39. The van der Waals surface area contributed by atoms with Crippen LogP contribution in [0.3, 0.4) is 0 Å². The molecule has 0 unspecified atom stereocenters. The number of methoxy groups -OCH3 is 1. The highest BCUT2D eigenvalue weighted by Crippen LogP contribution is 2.06. The molecule has 0 aliphatic carbocycles. The molecule has 1 rings (SSSR count). The molecule has 0 saturated carbocycles. The lowest BCUT2D eigenvalue weighted by atomic mass is 10.2. The van der Waals surface area contributed by atoms with E-state index in [4.69, 9.17) is 4.74 Å². The standard InChI is InChI=1S/C14H31N3O/c1-14(2)17-11-9-16(10-12-17)8-5-4-6-15-7-13-18-3/h14-15H,4-13H2,1-3H3. The Morgan fingerprint density at radius 3 is 2.39 bits per heavy atom. The lowest BCUT2D eigenvalue weighted by Gasteiger charge is -2.36. The quantitative estimate of drug-likeness (QED) is 0.624. The monoisotopic (exact) mass is 257 g/mol. The zero-order chi connectivity index (χ0) is 13.2. The second-order valence-electron chi connectivity index (χ2n) is 5.42. The Labute approximate surface area is 113 Å². The zero-order valence-electron chi connectivity index (χ0n) is 12.5. The second-order valence-corrected chi connectivity index (χ2v) is 5.42. The van der Waals surface area contributed by atoms with Crippen molar-refractivity contribution in [3.63, 3.8) is 0 Å². The predicted molar refractivity (Wildman–Crippen MR) is 77.1 cm³/mol. The van der Waals surface area contributed by atoms with Gasteiger partial charge in [-0.15, -0.1) is 0 Å². The highest BCUT2D eigenvalue weighted by atomic mass is 16.5. The van der Waals surface area contributed by atoms with Gasteiger partial charge in [-0.3, -0.25) is 4.90 Å². The highest BCUT2D eigenvalue weighted by Gasteiger charge is 2.17. The van der Waals surface area contributed by atoms with Crippen molar-refractivity contribution in [1.82, 2.24) is 15.1 Å². The lowest BCUT2D eigenvalue weighted by molar-refractivity contribution is 0.107. The van der Waals surface area contributed by atoms with Gasteiger partial charge in [0.1, 0.15) is 0 Å². The van der Waals surface area contributed by atoms with E-state index >= 15 is 0 Å². The summed E-state index contributed by atoms with van der Waals surface area (Å²) in [6.07, 6.45) is 2.58. The van der Waals surface area contributed by atoms with Crippen LogP contribution in [0.25, 0.3) is 0 Å². The van der Waals surface area contributed by atoms with Crippen LogP contribution < -0.4 is 5.32 Å². The van der Waals surface area contributed by atoms with Gasteiger partial charge in [0.15, 0.2) is 0 Å². The first-order valence-corrected chi connectivity index (χ1v) is 7.40. The minimum atomic E-state index is 0.706. The Morgan fingerprint density at radius 1 is 1.06 bits per heavy atom. The molecule has 4 heteroatoms. The van der Waals surface area contributed by atoms with Crippen molar-refractivity contribution in [2.24, 2.45) is 0 Å². The van der Waals surface area contributed by atoms with Gasteiger partial charge < -0.3 is 15.0 Å². The summed E-state index contributed by atoms with van der Waals surface area (Å²) in [5.74, 6) is 0. The lowest BCUT2D eigenvalue weighted by Crippen LogP contribution is -2.48. The van der Waals surface area contributed by atoms with Crippen LogP contribution in [0.5, 0.6) is 0 Å². The molecule has 1 heterocycles. The van der Waals surface area contributed by atoms with E-state index in [1.54, 1.807) is 7.11 Å². The number of ether oxygens (including phenoxy) is 1. The summed E-state index contributed by atoms with van der Waals surface area (Å²) < 4.78 is 5.00. The van der Waals surface area contributed by atoms with Gasteiger partial charge in [0.05, 0.1) is 6.61 Å². The van der Waals surface area contributed by atoms with Crippen molar-refractivity contribution < 1.29 is 4.74 Å². The fourth-order valence-corrected chi connectivity index (χ4v) is 2.39. The van der Waals surface area contributed by atoms with E-state index in [-0.39, 0.29) is 0 Å². The molecule has 1 fully saturated rings. The molecule has 0 aromatic rings. The molecule has 0 spiro atoms. The molecular weight excluding hydrogens is 226 g/mol. The van der Waals surface area contributed by atoms with E-state index in [2.05, 4.69) is 29.0 Å². The van der Waals surface area contributed by atoms with Gasteiger partial charge in [-0.1, -0.05) is 0 Å². The number of rotatable bonds is 9. The number of hydrogen-bond donors (Lipinski definition) is 1. The predicted octanol–water partition coefficient (Wildman–Crippen LogP) is 1.03. The SMILES string of the molecule is COCCNCCCCN1CCN(C(C)C)CC1. The maximum atomic E-state index is 5.00. The van der Waals surface area contributed by atoms with E-state index < -0.39 is 0 Å². The molecule has 0 bridgehead atoms. The molecule has 1 aliphatic rings. The van der Waals surface area contributed by atoms with Crippen molar-refractivity contribution in [1.29, 1.82) is 0 Å². The minimum Gasteiger partial charge on any atom is -0.383 e. The second kappa shape index (κ2) is 9.73. The van der Waals surface area contributed by atoms with Crippen molar-refractivity contribution in [2.75, 3.05) is 59.5 Å². The van der Waals surface area contributed by atoms with Crippen molar-refractivity contribution in [3.8, 4) is 0 Å². The molecule has 1 aliphatic heterocycles. The normalized spacial score (nSPS) is 18.7. The number of nitrogens with zero attached hydrogens (tertiary/aromatic N) is 2. The number of nitrogens with one attached hydrogen (secondary N) is 1. The smallest absolute Gasteiger partial charge is 0.0587 e. The van der Waals surface area contributed by atoms with Gasteiger partial charge >= 0.3 is 0 Å². The van der Waals surface area contributed by atoms with Crippen LogP contribution in [-0.2, 0) is 4.74 Å². The van der Waals surface area contributed by atoms with Gasteiger partial charge in [0.25, 0.3) is 0 Å². The first-order valence-electron chi connectivity index (χ1n) is 7.40. The zero-order valence-corrected chi connectivity index (χ0v) is 12.5. The van der Waals surface area contributed by atoms with Gasteiger partial charge in [0.2, 0.25) is 0 Å². The Bertz CT molecular complexity index is 191. The first kappa shape index (κ1) is 15.9. The van der Waals surface area contributed by atoms with Crippen molar-refractivity contribution >= 4 is 0 Å². The Hall–Kier alpha value is -0.160. The average molecular weight is 257 g/mol. The Balaban J connectivity index is 1.91. The van der Waals surface area contributed by atoms with Crippen LogP contribution in [0.15, 0.2) is 0 Å². The highest BCUT2D eigenvalue weighted by molar-refractivity contribution is 4.74.